The molecule has 0 spiro atoms. The van der Waals surface area contributed by atoms with E-state index in [1.807, 2.05) is 20.8 Å². The van der Waals surface area contributed by atoms with Crippen LogP contribution in [0.3, 0.4) is 0 Å². The molecule has 102 valence electrons. The Kier molecular flexibility index (Phi) is 6.09. The van der Waals surface area contributed by atoms with Crippen LogP contribution in [0.15, 0.2) is 18.2 Å². The van der Waals surface area contributed by atoms with Crippen LogP contribution >= 0.6 is 0 Å². The van der Waals surface area contributed by atoms with Crippen molar-refractivity contribution < 1.29 is 14.2 Å². The number of rotatable bonds is 7. The van der Waals surface area contributed by atoms with Gasteiger partial charge in [-0.05, 0) is 24.6 Å². The van der Waals surface area contributed by atoms with Crippen molar-refractivity contribution in [2.24, 2.45) is 0 Å². The molecule has 0 fully saturated rings. The quantitative estimate of drug-likeness (QED) is 0.786. The number of nitrogens with one attached hydrogen (secondary N) is 1. The molecule has 0 amide bonds. The van der Waals surface area contributed by atoms with Gasteiger partial charge in [-0.25, -0.2) is 4.39 Å². The van der Waals surface area contributed by atoms with E-state index in [0.717, 1.165) is 5.56 Å². The molecule has 0 bridgehead atoms. The van der Waals surface area contributed by atoms with E-state index in [1.54, 1.807) is 6.07 Å². The summed E-state index contributed by atoms with van der Waals surface area (Å²) in [6.07, 6.45) is 0.154. The van der Waals surface area contributed by atoms with Crippen LogP contribution in [-0.2, 0) is 6.54 Å². The Morgan fingerprint density at radius 2 is 2.11 bits per heavy atom. The van der Waals surface area contributed by atoms with E-state index >= 15 is 0 Å². The summed E-state index contributed by atoms with van der Waals surface area (Å²) in [5.74, 6) is 0.344. The predicted molar refractivity (Wildman–Crippen MR) is 70.2 cm³/mol. The van der Waals surface area contributed by atoms with Crippen LogP contribution in [0.5, 0.6) is 5.75 Å². The number of ether oxygens (including phenoxy) is 1. The number of hydrogen-bond acceptors (Lipinski definition) is 3. The summed E-state index contributed by atoms with van der Waals surface area (Å²) in [5, 5.41) is 12.7. The first-order valence-corrected chi connectivity index (χ1v) is 6.35. The molecule has 1 aromatic carbocycles. The molecule has 0 aliphatic heterocycles. The van der Waals surface area contributed by atoms with Gasteiger partial charge in [0.1, 0.15) is 18.2 Å². The van der Waals surface area contributed by atoms with Gasteiger partial charge < -0.3 is 15.2 Å². The van der Waals surface area contributed by atoms with Crippen LogP contribution in [0.4, 0.5) is 4.39 Å². The minimum atomic E-state index is -0.485. The third kappa shape index (κ3) is 5.02. The van der Waals surface area contributed by atoms with Crippen LogP contribution in [-0.4, -0.2) is 23.9 Å². The Balaban J connectivity index is 2.69. The second-order valence-corrected chi connectivity index (χ2v) is 4.66. The monoisotopic (exact) mass is 255 g/mol. The van der Waals surface area contributed by atoms with Gasteiger partial charge in [0.25, 0.3) is 0 Å². The fourth-order valence-electron chi connectivity index (χ4n) is 1.44. The lowest BCUT2D eigenvalue weighted by Crippen LogP contribution is -2.23. The molecule has 2 N–H and O–H groups in total. The number of aliphatic hydroxyl groups is 1. The van der Waals surface area contributed by atoms with E-state index in [4.69, 9.17) is 4.74 Å². The Labute approximate surface area is 108 Å². The third-order valence-electron chi connectivity index (χ3n) is 2.63. The van der Waals surface area contributed by atoms with Crippen LogP contribution in [0.25, 0.3) is 0 Å². The maximum absolute atomic E-state index is 13.2. The molecule has 1 rings (SSSR count). The number of halogens is 1. The largest absolute Gasteiger partial charge is 0.491 e. The first-order valence-electron chi connectivity index (χ1n) is 6.35. The van der Waals surface area contributed by atoms with Crippen LogP contribution in [0.1, 0.15) is 32.8 Å². The van der Waals surface area contributed by atoms with Crippen molar-refractivity contribution in [3.05, 3.63) is 29.6 Å². The van der Waals surface area contributed by atoms with Crippen molar-refractivity contribution in [3.8, 4) is 5.75 Å². The van der Waals surface area contributed by atoms with Gasteiger partial charge in [-0.2, -0.15) is 0 Å². The van der Waals surface area contributed by atoms with Gasteiger partial charge in [0, 0.05) is 18.2 Å². The van der Waals surface area contributed by atoms with Gasteiger partial charge >= 0.3 is 0 Å². The van der Waals surface area contributed by atoms with Crippen LogP contribution in [0, 0.1) is 5.82 Å². The van der Waals surface area contributed by atoms with Gasteiger partial charge in [0.2, 0.25) is 0 Å². The molecule has 0 saturated carbocycles. The van der Waals surface area contributed by atoms with E-state index in [9.17, 15) is 9.50 Å². The molecule has 1 atom stereocenters. The number of benzene rings is 1. The molecule has 0 radical (unpaired) electrons. The summed E-state index contributed by atoms with van der Waals surface area (Å²) in [4.78, 5) is 0. The average Bonchev–Trinajstić information content (AvgIpc) is 2.34. The molecule has 0 aromatic heterocycles. The van der Waals surface area contributed by atoms with Crippen molar-refractivity contribution in [3.63, 3.8) is 0 Å². The maximum atomic E-state index is 13.2. The van der Waals surface area contributed by atoms with Gasteiger partial charge in [-0.1, -0.05) is 20.8 Å². The zero-order chi connectivity index (χ0) is 13.5. The fraction of sp³-hybridized carbons (Fsp3) is 0.571. The van der Waals surface area contributed by atoms with E-state index in [2.05, 4.69) is 5.32 Å². The van der Waals surface area contributed by atoms with Gasteiger partial charge in [0.05, 0.1) is 6.10 Å². The van der Waals surface area contributed by atoms with Gasteiger partial charge in [-0.3, -0.25) is 0 Å². The molecule has 1 unspecified atom stereocenters. The highest BCUT2D eigenvalue weighted by molar-refractivity contribution is 5.34. The lowest BCUT2D eigenvalue weighted by Gasteiger charge is -2.15. The molecular formula is C14H22FNO2. The smallest absolute Gasteiger partial charge is 0.124 e. The summed E-state index contributed by atoms with van der Waals surface area (Å²) in [7, 11) is 0. The first-order chi connectivity index (χ1) is 8.52. The summed E-state index contributed by atoms with van der Waals surface area (Å²) in [6.45, 7) is 6.73. The standard InChI is InChI=1S/C14H22FNO2/c1-4-13(17)9-18-14-6-5-12(15)7-11(14)8-16-10(2)3/h5-7,10,13,16-17H,4,8-9H2,1-3H3. The van der Waals surface area contributed by atoms with Gasteiger partial charge in [0.15, 0.2) is 0 Å². The fourth-order valence-corrected chi connectivity index (χ4v) is 1.44. The van der Waals surface area contributed by atoms with Crippen molar-refractivity contribution in [2.45, 2.75) is 45.9 Å². The average molecular weight is 255 g/mol. The topological polar surface area (TPSA) is 41.5 Å². The maximum Gasteiger partial charge on any atom is 0.124 e. The molecule has 18 heavy (non-hydrogen) atoms. The Hall–Kier alpha value is -1.13. The highest BCUT2D eigenvalue weighted by Gasteiger charge is 2.08. The highest BCUT2D eigenvalue weighted by Crippen LogP contribution is 2.20. The van der Waals surface area contributed by atoms with Crippen molar-refractivity contribution >= 4 is 0 Å². The van der Waals surface area contributed by atoms with Crippen LogP contribution in [0.2, 0.25) is 0 Å². The molecule has 3 nitrogen and oxygen atoms in total. The lowest BCUT2D eigenvalue weighted by atomic mass is 10.2. The van der Waals surface area contributed by atoms with Crippen LogP contribution < -0.4 is 10.1 Å². The molecule has 4 heteroatoms. The second-order valence-electron chi connectivity index (χ2n) is 4.66. The first kappa shape index (κ1) is 14.9. The second kappa shape index (κ2) is 7.34. The Morgan fingerprint density at radius 3 is 2.72 bits per heavy atom. The zero-order valence-electron chi connectivity index (χ0n) is 11.2. The summed E-state index contributed by atoms with van der Waals surface area (Å²) in [5.41, 5.74) is 0.770. The molecule has 1 aromatic rings. The molecule has 0 saturated heterocycles. The highest BCUT2D eigenvalue weighted by atomic mass is 19.1. The minimum absolute atomic E-state index is 0.233. The van der Waals surface area contributed by atoms with E-state index < -0.39 is 6.10 Å². The lowest BCUT2D eigenvalue weighted by molar-refractivity contribution is 0.104. The van der Waals surface area contributed by atoms with E-state index in [1.165, 1.54) is 12.1 Å². The van der Waals surface area contributed by atoms with Gasteiger partial charge in [-0.15, -0.1) is 0 Å². The summed E-state index contributed by atoms with van der Waals surface area (Å²) in [6, 6.07) is 4.76. The molecule has 0 aliphatic carbocycles. The summed E-state index contributed by atoms with van der Waals surface area (Å²) >= 11 is 0. The molecular weight excluding hydrogens is 233 g/mol. The Bertz CT molecular complexity index is 369. The Morgan fingerprint density at radius 1 is 1.39 bits per heavy atom. The molecule has 0 heterocycles. The van der Waals surface area contributed by atoms with Crippen molar-refractivity contribution in [2.75, 3.05) is 6.61 Å². The minimum Gasteiger partial charge on any atom is -0.491 e. The molecule has 0 aliphatic rings. The number of hydrogen-bond donors (Lipinski definition) is 2. The normalized spacial score (nSPS) is 12.8. The summed E-state index contributed by atoms with van der Waals surface area (Å²) < 4.78 is 18.7. The predicted octanol–water partition coefficient (Wildman–Crippen LogP) is 2.47. The zero-order valence-corrected chi connectivity index (χ0v) is 11.2. The van der Waals surface area contributed by atoms with E-state index in [0.29, 0.717) is 24.8 Å². The number of aliphatic hydroxyl groups excluding tert-OH is 1. The van der Waals surface area contributed by atoms with Crippen molar-refractivity contribution in [1.82, 2.24) is 5.32 Å². The van der Waals surface area contributed by atoms with Crippen molar-refractivity contribution in [1.29, 1.82) is 0 Å². The van der Waals surface area contributed by atoms with E-state index in [-0.39, 0.29) is 12.4 Å². The SMILES string of the molecule is CCC(O)COc1ccc(F)cc1CNC(C)C. The third-order valence-corrected chi connectivity index (χ3v) is 2.63.